The standard InChI is InChI=1S/C19H19ClN4OS/c1-3-24-18(14-8-6-7-13(2)11-14)22-23-19(24)26-12-17(25)21-16-10-5-4-9-15(16)20/h4-11H,3,12H2,1-2H3,(H,21,25). The minimum atomic E-state index is -0.133. The van der Waals surface area contributed by atoms with E-state index >= 15 is 0 Å². The van der Waals surface area contributed by atoms with Crippen LogP contribution in [-0.4, -0.2) is 26.4 Å². The molecule has 0 fully saturated rings. The number of halogens is 1. The van der Waals surface area contributed by atoms with Gasteiger partial charge in [0.05, 0.1) is 16.5 Å². The van der Waals surface area contributed by atoms with Crippen molar-refractivity contribution < 1.29 is 4.79 Å². The van der Waals surface area contributed by atoms with Crippen LogP contribution in [0.25, 0.3) is 11.4 Å². The van der Waals surface area contributed by atoms with Gasteiger partial charge in [-0.15, -0.1) is 10.2 Å². The van der Waals surface area contributed by atoms with Gasteiger partial charge in [0, 0.05) is 12.1 Å². The molecule has 0 aliphatic carbocycles. The van der Waals surface area contributed by atoms with E-state index in [4.69, 9.17) is 11.6 Å². The van der Waals surface area contributed by atoms with Crippen LogP contribution in [0.1, 0.15) is 12.5 Å². The summed E-state index contributed by atoms with van der Waals surface area (Å²) in [4.78, 5) is 12.2. The van der Waals surface area contributed by atoms with Crippen molar-refractivity contribution in [2.75, 3.05) is 11.1 Å². The molecule has 0 radical (unpaired) electrons. The van der Waals surface area contributed by atoms with E-state index in [1.54, 1.807) is 12.1 Å². The first kappa shape index (κ1) is 18.5. The molecular formula is C19H19ClN4OS. The number of hydrogen-bond acceptors (Lipinski definition) is 4. The lowest BCUT2D eigenvalue weighted by Crippen LogP contribution is -2.15. The number of hydrogen-bond donors (Lipinski definition) is 1. The van der Waals surface area contributed by atoms with Gasteiger partial charge in [-0.25, -0.2) is 0 Å². The fourth-order valence-corrected chi connectivity index (χ4v) is 3.54. The van der Waals surface area contributed by atoms with Crippen LogP contribution in [0.15, 0.2) is 53.7 Å². The molecule has 1 aromatic heterocycles. The van der Waals surface area contributed by atoms with Crippen molar-refractivity contribution >= 4 is 35.0 Å². The third kappa shape index (κ3) is 4.26. The molecule has 3 rings (SSSR count). The van der Waals surface area contributed by atoms with Gasteiger partial charge < -0.3 is 9.88 Å². The molecule has 2 aromatic carbocycles. The highest BCUT2D eigenvalue weighted by atomic mass is 35.5. The van der Waals surface area contributed by atoms with Gasteiger partial charge >= 0.3 is 0 Å². The lowest BCUT2D eigenvalue weighted by atomic mass is 10.1. The Balaban J connectivity index is 1.71. The van der Waals surface area contributed by atoms with E-state index < -0.39 is 0 Å². The SMILES string of the molecule is CCn1c(SCC(=O)Nc2ccccc2Cl)nnc1-c1cccc(C)c1. The predicted molar refractivity (Wildman–Crippen MR) is 107 cm³/mol. The smallest absolute Gasteiger partial charge is 0.234 e. The van der Waals surface area contributed by atoms with Crippen molar-refractivity contribution in [2.45, 2.75) is 25.5 Å². The summed E-state index contributed by atoms with van der Waals surface area (Å²) in [5, 5.41) is 12.6. The van der Waals surface area contributed by atoms with Crippen LogP contribution >= 0.6 is 23.4 Å². The molecule has 0 saturated carbocycles. The largest absolute Gasteiger partial charge is 0.324 e. The quantitative estimate of drug-likeness (QED) is 0.626. The number of amides is 1. The van der Waals surface area contributed by atoms with Gasteiger partial charge in [0.25, 0.3) is 0 Å². The van der Waals surface area contributed by atoms with Crippen molar-refractivity contribution in [2.24, 2.45) is 0 Å². The summed E-state index contributed by atoms with van der Waals surface area (Å²) < 4.78 is 2.02. The molecule has 1 N–H and O–H groups in total. The van der Waals surface area contributed by atoms with E-state index in [9.17, 15) is 4.79 Å². The summed E-state index contributed by atoms with van der Waals surface area (Å²) in [6.45, 7) is 4.81. The summed E-state index contributed by atoms with van der Waals surface area (Å²) >= 11 is 7.43. The third-order valence-corrected chi connectivity index (χ3v) is 5.09. The molecule has 1 amide bonds. The van der Waals surface area contributed by atoms with Crippen LogP contribution < -0.4 is 5.32 Å². The molecule has 0 unspecified atom stereocenters. The summed E-state index contributed by atoms with van der Waals surface area (Å²) in [7, 11) is 0. The zero-order valence-electron chi connectivity index (χ0n) is 14.6. The second-order valence-corrected chi connectivity index (χ2v) is 7.09. The Bertz CT molecular complexity index is 925. The molecule has 3 aromatic rings. The van der Waals surface area contributed by atoms with Crippen LogP contribution in [0.2, 0.25) is 5.02 Å². The van der Waals surface area contributed by atoms with Gasteiger partial charge in [-0.1, -0.05) is 59.3 Å². The molecule has 0 aliphatic rings. The van der Waals surface area contributed by atoms with Crippen LogP contribution in [0, 0.1) is 6.92 Å². The number of aryl methyl sites for hydroxylation is 1. The summed E-state index contributed by atoms with van der Waals surface area (Å²) in [6.07, 6.45) is 0. The number of carbonyl (C=O) groups excluding carboxylic acids is 1. The second kappa shape index (κ2) is 8.38. The Morgan fingerprint density at radius 3 is 2.73 bits per heavy atom. The number of aromatic nitrogens is 3. The van der Waals surface area contributed by atoms with Crippen molar-refractivity contribution in [1.29, 1.82) is 0 Å². The van der Waals surface area contributed by atoms with Gasteiger partial charge in [-0.2, -0.15) is 0 Å². The number of rotatable bonds is 6. The first-order chi connectivity index (χ1) is 12.6. The highest BCUT2D eigenvalue weighted by molar-refractivity contribution is 7.99. The number of thioether (sulfide) groups is 1. The zero-order valence-corrected chi connectivity index (χ0v) is 16.1. The highest BCUT2D eigenvalue weighted by Gasteiger charge is 2.15. The zero-order chi connectivity index (χ0) is 18.5. The highest BCUT2D eigenvalue weighted by Crippen LogP contribution is 2.25. The van der Waals surface area contributed by atoms with Crippen molar-refractivity contribution in [3.8, 4) is 11.4 Å². The maximum Gasteiger partial charge on any atom is 0.234 e. The molecule has 26 heavy (non-hydrogen) atoms. The number of carbonyl (C=O) groups is 1. The Hall–Kier alpha value is -2.31. The van der Waals surface area contributed by atoms with Gasteiger partial charge in [0.15, 0.2) is 11.0 Å². The lowest BCUT2D eigenvalue weighted by Gasteiger charge is -2.09. The Morgan fingerprint density at radius 2 is 2.00 bits per heavy atom. The molecule has 5 nitrogen and oxygen atoms in total. The van der Waals surface area contributed by atoms with E-state index in [-0.39, 0.29) is 11.7 Å². The summed E-state index contributed by atoms with van der Waals surface area (Å²) in [6, 6.07) is 15.3. The van der Waals surface area contributed by atoms with E-state index in [0.29, 0.717) is 10.7 Å². The maximum atomic E-state index is 12.2. The molecule has 0 atom stereocenters. The van der Waals surface area contributed by atoms with Gasteiger partial charge in [-0.05, 0) is 32.0 Å². The molecule has 0 saturated heterocycles. The van der Waals surface area contributed by atoms with Crippen LogP contribution in [0.3, 0.4) is 0 Å². The fourth-order valence-electron chi connectivity index (χ4n) is 2.56. The van der Waals surface area contributed by atoms with Crippen molar-refractivity contribution in [1.82, 2.24) is 14.8 Å². The normalized spacial score (nSPS) is 10.7. The molecule has 0 bridgehead atoms. The Labute approximate surface area is 161 Å². The molecule has 134 valence electrons. The first-order valence-electron chi connectivity index (χ1n) is 8.26. The van der Waals surface area contributed by atoms with E-state index in [0.717, 1.165) is 23.1 Å². The maximum absolute atomic E-state index is 12.2. The van der Waals surface area contributed by atoms with Crippen LogP contribution in [-0.2, 0) is 11.3 Å². The van der Waals surface area contributed by atoms with Gasteiger partial charge in [0.1, 0.15) is 0 Å². The number of benzene rings is 2. The van der Waals surface area contributed by atoms with E-state index in [1.807, 2.05) is 48.7 Å². The number of nitrogens with zero attached hydrogens (tertiary/aromatic N) is 3. The Kier molecular flexibility index (Phi) is 5.96. The van der Waals surface area contributed by atoms with Crippen LogP contribution in [0.4, 0.5) is 5.69 Å². The lowest BCUT2D eigenvalue weighted by molar-refractivity contribution is -0.113. The molecule has 7 heteroatoms. The fraction of sp³-hybridized carbons (Fsp3) is 0.211. The molecule has 0 aliphatic heterocycles. The Morgan fingerprint density at radius 1 is 1.19 bits per heavy atom. The van der Waals surface area contributed by atoms with Gasteiger partial charge in [0.2, 0.25) is 5.91 Å². The second-order valence-electron chi connectivity index (χ2n) is 5.74. The average molecular weight is 387 g/mol. The minimum absolute atomic E-state index is 0.133. The van der Waals surface area contributed by atoms with E-state index in [1.165, 1.54) is 17.3 Å². The minimum Gasteiger partial charge on any atom is -0.324 e. The monoisotopic (exact) mass is 386 g/mol. The first-order valence-corrected chi connectivity index (χ1v) is 9.62. The molecule has 0 spiro atoms. The summed E-state index contributed by atoms with van der Waals surface area (Å²) in [5.41, 5.74) is 2.80. The van der Waals surface area contributed by atoms with E-state index in [2.05, 4.69) is 21.6 Å². The topological polar surface area (TPSA) is 59.8 Å². The van der Waals surface area contributed by atoms with Crippen molar-refractivity contribution in [3.63, 3.8) is 0 Å². The third-order valence-electron chi connectivity index (χ3n) is 3.79. The number of nitrogens with one attached hydrogen (secondary N) is 1. The predicted octanol–water partition coefficient (Wildman–Crippen LogP) is 4.66. The number of anilines is 1. The number of para-hydroxylation sites is 1. The van der Waals surface area contributed by atoms with Crippen LogP contribution in [0.5, 0.6) is 0 Å². The van der Waals surface area contributed by atoms with Crippen molar-refractivity contribution in [3.05, 3.63) is 59.1 Å². The molecular weight excluding hydrogens is 368 g/mol. The summed E-state index contributed by atoms with van der Waals surface area (Å²) in [5.74, 6) is 0.910. The average Bonchev–Trinajstić information content (AvgIpc) is 3.05. The molecule has 1 heterocycles. The van der Waals surface area contributed by atoms with Gasteiger partial charge in [-0.3, -0.25) is 4.79 Å².